The van der Waals surface area contributed by atoms with Gasteiger partial charge in [0.25, 0.3) is 5.91 Å². The van der Waals surface area contributed by atoms with Crippen molar-refractivity contribution in [3.8, 4) is 11.1 Å². The summed E-state index contributed by atoms with van der Waals surface area (Å²) in [6.45, 7) is 0. The third kappa shape index (κ3) is 2.94. The van der Waals surface area contributed by atoms with Gasteiger partial charge in [-0.3, -0.25) is 9.48 Å². The van der Waals surface area contributed by atoms with E-state index in [1.54, 1.807) is 29.2 Å². The number of carbonyl (C=O) groups is 1. The molecule has 1 N–H and O–H groups in total. The highest BCUT2D eigenvalue weighted by Crippen LogP contribution is 2.20. The van der Waals surface area contributed by atoms with Crippen molar-refractivity contribution in [3.63, 3.8) is 0 Å². The highest BCUT2D eigenvalue weighted by molar-refractivity contribution is 6.04. The zero-order chi connectivity index (χ0) is 14.7. The molecule has 0 fully saturated rings. The highest BCUT2D eigenvalue weighted by Gasteiger charge is 2.08. The summed E-state index contributed by atoms with van der Waals surface area (Å²) in [6, 6.07) is 9.02. The van der Waals surface area contributed by atoms with Crippen LogP contribution in [0.1, 0.15) is 10.4 Å². The van der Waals surface area contributed by atoms with Gasteiger partial charge >= 0.3 is 0 Å². The molecule has 0 aliphatic carbocycles. The molecular formula is C15H13N5O. The summed E-state index contributed by atoms with van der Waals surface area (Å²) in [7, 11) is 1.86. The monoisotopic (exact) mass is 279 g/mol. The first-order chi connectivity index (χ1) is 10.2. The molecule has 3 rings (SSSR count). The Bertz CT molecular complexity index is 766. The fourth-order valence-electron chi connectivity index (χ4n) is 1.96. The Morgan fingerprint density at radius 3 is 2.86 bits per heavy atom. The Morgan fingerprint density at radius 1 is 1.24 bits per heavy atom. The van der Waals surface area contributed by atoms with Crippen LogP contribution >= 0.6 is 0 Å². The molecule has 1 amide bonds. The molecule has 2 aromatic heterocycles. The Hall–Kier alpha value is -3.02. The predicted octanol–water partition coefficient (Wildman–Crippen LogP) is 2.13. The number of hydrogen-bond acceptors (Lipinski definition) is 4. The van der Waals surface area contributed by atoms with Crippen LogP contribution < -0.4 is 5.32 Å². The maximum absolute atomic E-state index is 12.2. The summed E-state index contributed by atoms with van der Waals surface area (Å²) in [4.78, 5) is 20.0. The largest absolute Gasteiger partial charge is 0.306 e. The minimum Gasteiger partial charge on any atom is -0.306 e. The average molecular weight is 279 g/mol. The van der Waals surface area contributed by atoms with Crippen LogP contribution in [0.25, 0.3) is 11.1 Å². The van der Waals surface area contributed by atoms with Gasteiger partial charge in [0.15, 0.2) is 0 Å². The summed E-state index contributed by atoms with van der Waals surface area (Å²) in [5.74, 6) is 0.265. The molecule has 1 aromatic carbocycles. The lowest BCUT2D eigenvalue weighted by Gasteiger charge is -2.05. The lowest BCUT2D eigenvalue weighted by Crippen LogP contribution is -2.12. The number of hydrogen-bond donors (Lipinski definition) is 1. The Labute approximate surface area is 121 Å². The predicted molar refractivity (Wildman–Crippen MR) is 78.6 cm³/mol. The zero-order valence-electron chi connectivity index (χ0n) is 11.4. The minimum absolute atomic E-state index is 0.209. The van der Waals surface area contributed by atoms with Crippen molar-refractivity contribution in [1.82, 2.24) is 19.7 Å². The number of nitrogens with zero attached hydrogens (tertiary/aromatic N) is 4. The van der Waals surface area contributed by atoms with E-state index in [0.717, 1.165) is 11.1 Å². The van der Waals surface area contributed by atoms with Crippen LogP contribution in [0.4, 0.5) is 5.82 Å². The number of amides is 1. The molecule has 0 unspecified atom stereocenters. The van der Waals surface area contributed by atoms with Crippen LogP contribution in [0, 0.1) is 0 Å². The number of rotatable bonds is 3. The summed E-state index contributed by atoms with van der Waals surface area (Å²) < 4.78 is 1.73. The van der Waals surface area contributed by atoms with Gasteiger partial charge in [0.1, 0.15) is 12.1 Å². The molecule has 0 radical (unpaired) electrons. The van der Waals surface area contributed by atoms with Gasteiger partial charge in [0.05, 0.1) is 6.20 Å². The fourth-order valence-corrected chi connectivity index (χ4v) is 1.96. The summed E-state index contributed by atoms with van der Waals surface area (Å²) >= 11 is 0. The highest BCUT2D eigenvalue weighted by atomic mass is 16.1. The first-order valence-corrected chi connectivity index (χ1v) is 6.39. The molecule has 6 nitrogen and oxygen atoms in total. The third-order valence-electron chi connectivity index (χ3n) is 2.99. The van der Waals surface area contributed by atoms with Gasteiger partial charge in [0.2, 0.25) is 0 Å². The molecule has 0 saturated carbocycles. The van der Waals surface area contributed by atoms with Gasteiger partial charge in [-0.15, -0.1) is 0 Å². The van der Waals surface area contributed by atoms with Crippen LogP contribution in [-0.4, -0.2) is 25.7 Å². The van der Waals surface area contributed by atoms with E-state index >= 15 is 0 Å². The Kier molecular flexibility index (Phi) is 3.42. The topological polar surface area (TPSA) is 72.7 Å². The van der Waals surface area contributed by atoms with Crippen LogP contribution in [0.2, 0.25) is 0 Å². The lowest BCUT2D eigenvalue weighted by molar-refractivity contribution is 0.102. The second-order valence-corrected chi connectivity index (χ2v) is 4.53. The van der Waals surface area contributed by atoms with E-state index in [1.807, 2.05) is 31.4 Å². The van der Waals surface area contributed by atoms with E-state index in [1.165, 1.54) is 6.33 Å². The van der Waals surface area contributed by atoms with Gasteiger partial charge in [0, 0.05) is 30.6 Å². The summed E-state index contributed by atoms with van der Waals surface area (Å²) in [5, 5.41) is 6.87. The standard InChI is InChI=1S/C15H13N5O/c1-20-9-13(8-18-20)11-3-2-4-12(7-11)15(21)19-14-5-6-16-10-17-14/h2-10H,1H3,(H,16,17,19,21). The van der Waals surface area contributed by atoms with Gasteiger partial charge in [-0.25, -0.2) is 9.97 Å². The van der Waals surface area contributed by atoms with Crippen LogP contribution in [0.3, 0.4) is 0 Å². The van der Waals surface area contributed by atoms with Crippen molar-refractivity contribution in [3.05, 3.63) is 60.8 Å². The molecule has 0 aliphatic rings. The Balaban J connectivity index is 1.84. The van der Waals surface area contributed by atoms with Gasteiger partial charge in [-0.2, -0.15) is 5.10 Å². The molecule has 6 heteroatoms. The molecule has 0 atom stereocenters. The SMILES string of the molecule is Cn1cc(-c2cccc(C(=O)Nc3ccncn3)c2)cn1. The van der Waals surface area contributed by atoms with Crippen LogP contribution in [0.5, 0.6) is 0 Å². The normalized spacial score (nSPS) is 10.3. The summed E-state index contributed by atoms with van der Waals surface area (Å²) in [5.41, 5.74) is 2.47. The molecule has 3 aromatic rings. The second-order valence-electron chi connectivity index (χ2n) is 4.53. The molecule has 0 aliphatic heterocycles. The average Bonchev–Trinajstić information content (AvgIpc) is 2.95. The van der Waals surface area contributed by atoms with Crippen molar-refractivity contribution in [1.29, 1.82) is 0 Å². The van der Waals surface area contributed by atoms with Crippen molar-refractivity contribution in [2.45, 2.75) is 0 Å². The van der Waals surface area contributed by atoms with Crippen LogP contribution in [0.15, 0.2) is 55.2 Å². The smallest absolute Gasteiger partial charge is 0.256 e. The van der Waals surface area contributed by atoms with Gasteiger partial charge in [-0.05, 0) is 23.8 Å². The van der Waals surface area contributed by atoms with Crippen molar-refractivity contribution < 1.29 is 4.79 Å². The number of nitrogens with one attached hydrogen (secondary N) is 1. The molecule has 21 heavy (non-hydrogen) atoms. The number of aromatic nitrogens is 4. The van der Waals surface area contributed by atoms with Gasteiger partial charge < -0.3 is 5.32 Å². The van der Waals surface area contributed by atoms with Crippen molar-refractivity contribution >= 4 is 11.7 Å². The maximum atomic E-state index is 12.2. The van der Waals surface area contributed by atoms with Crippen molar-refractivity contribution in [2.24, 2.45) is 7.05 Å². The number of carbonyl (C=O) groups excluding carboxylic acids is 1. The number of aryl methyl sites for hydroxylation is 1. The van der Waals surface area contributed by atoms with Crippen LogP contribution in [-0.2, 0) is 7.05 Å². The molecule has 0 spiro atoms. The molecule has 2 heterocycles. The molecular weight excluding hydrogens is 266 g/mol. The quantitative estimate of drug-likeness (QED) is 0.797. The van der Waals surface area contributed by atoms with E-state index in [0.29, 0.717) is 11.4 Å². The minimum atomic E-state index is -0.209. The molecule has 0 bridgehead atoms. The van der Waals surface area contributed by atoms with Gasteiger partial charge in [-0.1, -0.05) is 12.1 Å². The van der Waals surface area contributed by atoms with E-state index in [9.17, 15) is 4.79 Å². The van der Waals surface area contributed by atoms with E-state index < -0.39 is 0 Å². The van der Waals surface area contributed by atoms with E-state index in [4.69, 9.17) is 0 Å². The molecule has 104 valence electrons. The van der Waals surface area contributed by atoms with E-state index in [2.05, 4.69) is 20.4 Å². The maximum Gasteiger partial charge on any atom is 0.256 e. The zero-order valence-corrected chi connectivity index (χ0v) is 11.4. The number of benzene rings is 1. The first kappa shape index (κ1) is 13.0. The van der Waals surface area contributed by atoms with E-state index in [-0.39, 0.29) is 5.91 Å². The molecule has 0 saturated heterocycles. The number of anilines is 1. The third-order valence-corrected chi connectivity index (χ3v) is 2.99. The fraction of sp³-hybridized carbons (Fsp3) is 0.0667. The first-order valence-electron chi connectivity index (χ1n) is 6.39. The van der Waals surface area contributed by atoms with Crippen molar-refractivity contribution in [2.75, 3.05) is 5.32 Å². The Morgan fingerprint density at radius 2 is 2.14 bits per heavy atom. The second kappa shape index (κ2) is 5.54. The lowest BCUT2D eigenvalue weighted by atomic mass is 10.1. The summed E-state index contributed by atoms with van der Waals surface area (Å²) in [6.07, 6.45) is 6.64.